The van der Waals surface area contributed by atoms with Crippen LogP contribution in [0.1, 0.15) is 30.1 Å². The number of rotatable bonds is 6. The number of nitrogens with zero attached hydrogens (tertiary/aromatic N) is 3. The minimum absolute atomic E-state index is 0.108. The first-order chi connectivity index (χ1) is 11.9. The van der Waals surface area contributed by atoms with Crippen LogP contribution in [0.25, 0.3) is 5.69 Å². The molecule has 1 aliphatic carbocycles. The molecule has 6 nitrogen and oxygen atoms in total. The second-order valence-electron chi connectivity index (χ2n) is 6.20. The normalized spacial score (nSPS) is 15.0. The van der Waals surface area contributed by atoms with Gasteiger partial charge in [-0.2, -0.15) is 5.10 Å². The van der Waals surface area contributed by atoms with Crippen LogP contribution in [0.3, 0.4) is 0 Å². The number of carbonyl (C=O) groups is 2. The van der Waals surface area contributed by atoms with Gasteiger partial charge in [0.1, 0.15) is 0 Å². The Kier molecular flexibility index (Phi) is 5.01. The molecular formula is C17H17Cl2N3O3. The van der Waals surface area contributed by atoms with Crippen molar-refractivity contribution in [1.82, 2.24) is 14.7 Å². The first-order valence-electron chi connectivity index (χ1n) is 7.90. The van der Waals surface area contributed by atoms with Crippen LogP contribution in [0.2, 0.25) is 10.0 Å². The Balaban J connectivity index is 1.82. The van der Waals surface area contributed by atoms with Crippen LogP contribution >= 0.6 is 23.2 Å². The molecule has 0 saturated heterocycles. The summed E-state index contributed by atoms with van der Waals surface area (Å²) in [6.07, 6.45) is 4.86. The van der Waals surface area contributed by atoms with Gasteiger partial charge in [0.05, 0.1) is 28.4 Å². The van der Waals surface area contributed by atoms with Crippen molar-refractivity contribution in [3.8, 4) is 5.69 Å². The van der Waals surface area contributed by atoms with E-state index in [2.05, 4.69) is 5.10 Å². The molecule has 1 saturated carbocycles. The second-order valence-corrected chi connectivity index (χ2v) is 7.04. The van der Waals surface area contributed by atoms with Crippen molar-refractivity contribution in [3.05, 3.63) is 46.2 Å². The number of halogens is 2. The van der Waals surface area contributed by atoms with Gasteiger partial charge in [0.25, 0.3) is 5.91 Å². The molecule has 25 heavy (non-hydrogen) atoms. The third kappa shape index (κ3) is 3.96. The molecule has 1 N–H and O–H groups in total. The Morgan fingerprint density at radius 3 is 2.72 bits per heavy atom. The van der Waals surface area contributed by atoms with Gasteiger partial charge in [-0.1, -0.05) is 30.1 Å². The molecule has 1 aliphatic rings. The van der Waals surface area contributed by atoms with E-state index >= 15 is 0 Å². The van der Waals surface area contributed by atoms with E-state index in [-0.39, 0.29) is 18.5 Å². The summed E-state index contributed by atoms with van der Waals surface area (Å²) in [5.41, 5.74) is 1.01. The molecule has 2 aromatic rings. The number of carboxylic acid groups (broad SMARTS) is 1. The Morgan fingerprint density at radius 1 is 1.40 bits per heavy atom. The minimum Gasteiger partial charge on any atom is -0.481 e. The molecule has 1 atom stereocenters. The quantitative estimate of drug-likeness (QED) is 0.830. The molecular weight excluding hydrogens is 365 g/mol. The second kappa shape index (κ2) is 7.06. The fraction of sp³-hybridized carbons (Fsp3) is 0.353. The molecule has 1 amide bonds. The Morgan fingerprint density at radius 2 is 2.12 bits per heavy atom. The van der Waals surface area contributed by atoms with Crippen molar-refractivity contribution >= 4 is 35.1 Å². The van der Waals surface area contributed by atoms with Crippen molar-refractivity contribution < 1.29 is 14.7 Å². The van der Waals surface area contributed by atoms with Crippen LogP contribution in [0.5, 0.6) is 0 Å². The average Bonchev–Trinajstić information content (AvgIpc) is 3.28. The molecule has 1 unspecified atom stereocenters. The van der Waals surface area contributed by atoms with Crippen molar-refractivity contribution in [2.45, 2.75) is 25.8 Å². The van der Waals surface area contributed by atoms with Gasteiger partial charge < -0.3 is 10.0 Å². The number of hydrogen-bond donors (Lipinski definition) is 1. The lowest BCUT2D eigenvalue weighted by atomic mass is 10.1. The fourth-order valence-electron chi connectivity index (χ4n) is 2.56. The zero-order chi connectivity index (χ0) is 18.1. The summed E-state index contributed by atoms with van der Waals surface area (Å²) in [6, 6.07) is 5.12. The van der Waals surface area contributed by atoms with Crippen molar-refractivity contribution in [2.75, 3.05) is 6.54 Å². The number of amides is 1. The molecule has 1 aromatic heterocycles. The smallest absolute Gasteiger partial charge is 0.308 e. The number of benzene rings is 1. The van der Waals surface area contributed by atoms with Crippen LogP contribution in [-0.4, -0.2) is 44.3 Å². The number of hydrogen-bond acceptors (Lipinski definition) is 3. The standard InChI is InChI=1S/C17H17Cl2N3O3/c1-10(17(24)25)8-21(13-3-4-13)16(23)11-7-20-22(9-11)15-5-2-12(18)6-14(15)19/h2,5-7,9-10,13H,3-4,8H2,1H3,(H,24,25). The molecule has 1 fully saturated rings. The number of aliphatic carboxylic acids is 1. The van der Waals surface area contributed by atoms with Gasteiger partial charge in [-0.25, -0.2) is 4.68 Å². The molecule has 0 spiro atoms. The molecule has 3 rings (SSSR count). The van der Waals surface area contributed by atoms with E-state index in [4.69, 9.17) is 28.3 Å². The molecule has 1 aromatic carbocycles. The highest BCUT2D eigenvalue weighted by Crippen LogP contribution is 2.30. The summed E-state index contributed by atoms with van der Waals surface area (Å²) in [5, 5.41) is 14.2. The maximum Gasteiger partial charge on any atom is 0.308 e. The van der Waals surface area contributed by atoms with E-state index in [1.54, 1.807) is 36.2 Å². The van der Waals surface area contributed by atoms with Gasteiger partial charge in [0.15, 0.2) is 0 Å². The fourth-order valence-corrected chi connectivity index (χ4v) is 3.05. The highest BCUT2D eigenvalue weighted by Gasteiger charge is 2.35. The summed E-state index contributed by atoms with van der Waals surface area (Å²) in [4.78, 5) is 25.5. The minimum atomic E-state index is -0.915. The van der Waals surface area contributed by atoms with E-state index in [9.17, 15) is 9.59 Å². The van der Waals surface area contributed by atoms with Crippen LogP contribution < -0.4 is 0 Å². The van der Waals surface area contributed by atoms with Crippen molar-refractivity contribution in [1.29, 1.82) is 0 Å². The molecule has 1 heterocycles. The lowest BCUT2D eigenvalue weighted by Crippen LogP contribution is -2.38. The third-order valence-corrected chi connectivity index (χ3v) is 4.66. The summed E-state index contributed by atoms with van der Waals surface area (Å²) >= 11 is 12.1. The largest absolute Gasteiger partial charge is 0.481 e. The Bertz CT molecular complexity index is 817. The van der Waals surface area contributed by atoms with Crippen LogP contribution in [-0.2, 0) is 4.79 Å². The Labute approximate surface area is 154 Å². The lowest BCUT2D eigenvalue weighted by Gasteiger charge is -2.23. The van der Waals surface area contributed by atoms with E-state index < -0.39 is 11.9 Å². The summed E-state index contributed by atoms with van der Waals surface area (Å²) in [6.45, 7) is 1.79. The molecule has 0 radical (unpaired) electrons. The van der Waals surface area contributed by atoms with Gasteiger partial charge in [0.2, 0.25) is 0 Å². The summed E-state index contributed by atoms with van der Waals surface area (Å²) in [7, 11) is 0. The Hall–Kier alpha value is -2.05. The molecule has 0 bridgehead atoms. The average molecular weight is 382 g/mol. The summed E-state index contributed by atoms with van der Waals surface area (Å²) < 4.78 is 1.51. The van der Waals surface area contributed by atoms with E-state index in [1.165, 1.54) is 10.9 Å². The number of carboxylic acids is 1. The predicted octanol–water partition coefficient (Wildman–Crippen LogP) is 3.50. The van der Waals surface area contributed by atoms with Crippen LogP contribution in [0.4, 0.5) is 0 Å². The van der Waals surface area contributed by atoms with Crippen molar-refractivity contribution in [2.24, 2.45) is 5.92 Å². The van der Waals surface area contributed by atoms with E-state index in [0.29, 0.717) is 21.3 Å². The zero-order valence-corrected chi connectivity index (χ0v) is 15.0. The first kappa shape index (κ1) is 17.8. The maximum absolute atomic E-state index is 12.8. The summed E-state index contributed by atoms with van der Waals surface area (Å²) in [5.74, 6) is -1.75. The maximum atomic E-state index is 12.8. The number of aromatic nitrogens is 2. The molecule has 132 valence electrons. The van der Waals surface area contributed by atoms with E-state index in [0.717, 1.165) is 12.8 Å². The molecule has 0 aliphatic heterocycles. The SMILES string of the molecule is CC(CN(C(=O)c1cnn(-c2ccc(Cl)cc2Cl)c1)C1CC1)C(=O)O. The highest BCUT2D eigenvalue weighted by atomic mass is 35.5. The zero-order valence-electron chi connectivity index (χ0n) is 13.5. The topological polar surface area (TPSA) is 75.4 Å². The van der Waals surface area contributed by atoms with Gasteiger partial charge in [-0.3, -0.25) is 9.59 Å². The van der Waals surface area contributed by atoms with Crippen molar-refractivity contribution in [3.63, 3.8) is 0 Å². The third-order valence-electron chi connectivity index (χ3n) is 4.13. The first-order valence-corrected chi connectivity index (χ1v) is 8.66. The monoisotopic (exact) mass is 381 g/mol. The highest BCUT2D eigenvalue weighted by molar-refractivity contribution is 6.35. The number of carbonyl (C=O) groups excluding carboxylic acids is 1. The van der Waals surface area contributed by atoms with Crippen LogP contribution in [0, 0.1) is 5.92 Å². The molecule has 8 heteroatoms. The van der Waals surface area contributed by atoms with E-state index in [1.807, 2.05) is 0 Å². The van der Waals surface area contributed by atoms with Gasteiger partial charge in [0, 0.05) is 23.8 Å². The van der Waals surface area contributed by atoms with Gasteiger partial charge >= 0.3 is 5.97 Å². The van der Waals surface area contributed by atoms with Gasteiger partial charge in [-0.05, 0) is 31.0 Å². The lowest BCUT2D eigenvalue weighted by molar-refractivity contribution is -0.141. The van der Waals surface area contributed by atoms with Gasteiger partial charge in [-0.15, -0.1) is 0 Å². The van der Waals surface area contributed by atoms with Crippen LogP contribution in [0.15, 0.2) is 30.6 Å². The predicted molar refractivity (Wildman–Crippen MR) is 94.4 cm³/mol.